The Morgan fingerprint density at radius 1 is 1.44 bits per heavy atom. The standard InChI is InChI=1S/C11H13N2O3/c1-12-9-5-3-2-4-8(9)10(15)13(6-7-14)11(12)16/h2-5,8,14H,6-7H2,1H3/q+1. The van der Waals surface area contributed by atoms with Crippen LogP contribution in [0.5, 0.6) is 0 Å². The van der Waals surface area contributed by atoms with Gasteiger partial charge in [0.05, 0.1) is 13.7 Å². The third kappa shape index (κ3) is 1.49. The molecular weight excluding hydrogens is 208 g/mol. The lowest BCUT2D eigenvalue weighted by atomic mass is 9.95. The van der Waals surface area contributed by atoms with E-state index in [0.717, 1.165) is 4.90 Å². The molecule has 0 bridgehead atoms. The lowest BCUT2D eigenvalue weighted by Crippen LogP contribution is -2.54. The fourth-order valence-electron chi connectivity index (χ4n) is 1.92. The van der Waals surface area contributed by atoms with E-state index in [1.54, 1.807) is 31.4 Å². The maximum absolute atomic E-state index is 12.0. The molecule has 0 aromatic carbocycles. The highest BCUT2D eigenvalue weighted by Crippen LogP contribution is 2.18. The highest BCUT2D eigenvalue weighted by molar-refractivity contribution is 6.16. The normalized spacial score (nSPS) is 24.1. The Morgan fingerprint density at radius 2 is 2.19 bits per heavy atom. The quantitative estimate of drug-likeness (QED) is 0.655. The van der Waals surface area contributed by atoms with Gasteiger partial charge in [-0.1, -0.05) is 18.2 Å². The molecule has 1 atom stereocenters. The molecule has 84 valence electrons. The number of allylic oxidation sites excluding steroid dienone is 3. The number of imide groups is 1. The van der Waals surface area contributed by atoms with Crippen molar-refractivity contribution in [3.63, 3.8) is 0 Å². The van der Waals surface area contributed by atoms with E-state index in [1.165, 1.54) is 4.58 Å². The number of fused-ring (bicyclic) bond motifs is 1. The molecule has 16 heavy (non-hydrogen) atoms. The van der Waals surface area contributed by atoms with Gasteiger partial charge < -0.3 is 5.11 Å². The predicted molar refractivity (Wildman–Crippen MR) is 57.2 cm³/mol. The third-order valence-corrected chi connectivity index (χ3v) is 2.76. The summed E-state index contributed by atoms with van der Waals surface area (Å²) in [5.41, 5.74) is 0.687. The molecule has 0 saturated heterocycles. The maximum Gasteiger partial charge on any atom is 0.500 e. The number of urea groups is 1. The fraction of sp³-hybridized carbons (Fsp3) is 0.364. The lowest BCUT2D eigenvalue weighted by molar-refractivity contribution is -0.406. The second-order valence-electron chi connectivity index (χ2n) is 3.70. The molecule has 0 aromatic rings. The Balaban J connectivity index is 2.44. The van der Waals surface area contributed by atoms with Crippen LogP contribution < -0.4 is 0 Å². The second-order valence-corrected chi connectivity index (χ2v) is 3.70. The minimum Gasteiger partial charge on any atom is -0.392 e. The average molecular weight is 221 g/mol. The van der Waals surface area contributed by atoms with Crippen LogP contribution in [0.15, 0.2) is 24.3 Å². The molecule has 3 amide bonds. The summed E-state index contributed by atoms with van der Waals surface area (Å²) in [6.07, 6.45) is 7.10. The van der Waals surface area contributed by atoms with E-state index < -0.39 is 5.92 Å². The van der Waals surface area contributed by atoms with Crippen molar-refractivity contribution < 1.29 is 19.3 Å². The van der Waals surface area contributed by atoms with Gasteiger partial charge in [0, 0.05) is 0 Å². The molecule has 0 spiro atoms. The lowest BCUT2D eigenvalue weighted by Gasteiger charge is -2.24. The highest BCUT2D eigenvalue weighted by Gasteiger charge is 2.44. The third-order valence-electron chi connectivity index (χ3n) is 2.76. The van der Waals surface area contributed by atoms with Crippen LogP contribution in [0.4, 0.5) is 4.79 Å². The highest BCUT2D eigenvalue weighted by atomic mass is 16.3. The average Bonchev–Trinajstić information content (AvgIpc) is 2.32. The molecule has 0 fully saturated rings. The molecule has 5 nitrogen and oxygen atoms in total. The van der Waals surface area contributed by atoms with Gasteiger partial charge in [-0.15, -0.1) is 0 Å². The summed E-state index contributed by atoms with van der Waals surface area (Å²) < 4.78 is 1.45. The molecule has 1 unspecified atom stereocenters. The molecular formula is C11H13N2O3+. The number of hydrogen-bond acceptors (Lipinski definition) is 3. The van der Waals surface area contributed by atoms with Gasteiger partial charge in [-0.05, 0) is 6.08 Å². The summed E-state index contributed by atoms with van der Waals surface area (Å²) in [6, 6.07) is -0.384. The summed E-state index contributed by atoms with van der Waals surface area (Å²) in [6.45, 7) is -0.170. The van der Waals surface area contributed by atoms with Crippen LogP contribution in [-0.2, 0) is 4.79 Å². The second kappa shape index (κ2) is 4.02. The fourth-order valence-corrected chi connectivity index (χ4v) is 1.92. The van der Waals surface area contributed by atoms with Crippen molar-refractivity contribution in [1.82, 2.24) is 4.90 Å². The Kier molecular flexibility index (Phi) is 2.70. The molecule has 1 aliphatic heterocycles. The van der Waals surface area contributed by atoms with Crippen LogP contribution in [-0.4, -0.2) is 52.4 Å². The largest absolute Gasteiger partial charge is 0.500 e. The molecule has 2 rings (SSSR count). The van der Waals surface area contributed by atoms with Crippen LogP contribution >= 0.6 is 0 Å². The van der Waals surface area contributed by atoms with E-state index in [1.807, 2.05) is 0 Å². The van der Waals surface area contributed by atoms with E-state index in [9.17, 15) is 9.59 Å². The molecule has 1 N–H and O–H groups in total. The van der Waals surface area contributed by atoms with Gasteiger partial charge in [-0.2, -0.15) is 14.3 Å². The first-order chi connectivity index (χ1) is 7.66. The molecule has 0 radical (unpaired) electrons. The number of amides is 3. The minimum absolute atomic E-state index is 0.0450. The monoisotopic (exact) mass is 221 g/mol. The van der Waals surface area contributed by atoms with E-state index >= 15 is 0 Å². The van der Waals surface area contributed by atoms with Gasteiger partial charge in [0.15, 0.2) is 0 Å². The summed E-state index contributed by atoms with van der Waals surface area (Å²) in [5, 5.41) is 8.83. The molecule has 0 aromatic heterocycles. The number of aliphatic hydroxyl groups excluding tert-OH is 1. The van der Waals surface area contributed by atoms with Crippen molar-refractivity contribution in [1.29, 1.82) is 0 Å². The van der Waals surface area contributed by atoms with Gasteiger partial charge in [0.1, 0.15) is 18.2 Å². The Bertz CT molecular complexity index is 435. The number of aliphatic hydroxyl groups is 1. The predicted octanol–water partition coefficient (Wildman–Crippen LogP) is -0.234. The van der Waals surface area contributed by atoms with E-state index in [0.29, 0.717) is 5.71 Å². The van der Waals surface area contributed by atoms with Gasteiger partial charge in [0.25, 0.3) is 0 Å². The van der Waals surface area contributed by atoms with Crippen molar-refractivity contribution in [3.8, 4) is 0 Å². The van der Waals surface area contributed by atoms with Crippen molar-refractivity contribution >= 4 is 17.6 Å². The number of carbonyl (C=O) groups excluding carboxylic acids is 2. The van der Waals surface area contributed by atoms with Gasteiger partial charge >= 0.3 is 11.9 Å². The van der Waals surface area contributed by atoms with E-state index in [-0.39, 0.29) is 25.1 Å². The number of hydrogen-bond donors (Lipinski definition) is 1. The van der Waals surface area contributed by atoms with Crippen molar-refractivity contribution in [3.05, 3.63) is 24.3 Å². The van der Waals surface area contributed by atoms with E-state index in [4.69, 9.17) is 5.11 Å². The molecule has 1 aliphatic carbocycles. The maximum atomic E-state index is 12.0. The topological polar surface area (TPSA) is 60.6 Å². The molecule has 0 saturated carbocycles. The van der Waals surface area contributed by atoms with Crippen LogP contribution in [0.25, 0.3) is 0 Å². The Morgan fingerprint density at radius 3 is 2.88 bits per heavy atom. The summed E-state index contributed by atoms with van der Waals surface area (Å²) >= 11 is 0. The number of carbonyl (C=O) groups is 2. The van der Waals surface area contributed by atoms with E-state index in [2.05, 4.69) is 0 Å². The first kappa shape index (κ1) is 10.8. The Labute approximate surface area is 93.0 Å². The molecule has 1 heterocycles. The van der Waals surface area contributed by atoms with Crippen molar-refractivity contribution in [2.24, 2.45) is 5.92 Å². The van der Waals surface area contributed by atoms with Crippen LogP contribution in [0.2, 0.25) is 0 Å². The Hall–Kier alpha value is -1.75. The van der Waals surface area contributed by atoms with Crippen LogP contribution in [0.3, 0.4) is 0 Å². The van der Waals surface area contributed by atoms with Crippen LogP contribution in [0.1, 0.15) is 0 Å². The molecule has 5 heteroatoms. The number of rotatable bonds is 2. The first-order valence-electron chi connectivity index (χ1n) is 5.08. The van der Waals surface area contributed by atoms with Gasteiger partial charge in [-0.25, -0.2) is 4.79 Å². The van der Waals surface area contributed by atoms with Crippen molar-refractivity contribution in [2.75, 3.05) is 20.2 Å². The zero-order valence-corrected chi connectivity index (χ0v) is 8.96. The summed E-state index contributed by atoms with van der Waals surface area (Å²) in [5.74, 6) is -0.674. The zero-order chi connectivity index (χ0) is 11.7. The smallest absolute Gasteiger partial charge is 0.392 e. The van der Waals surface area contributed by atoms with Crippen LogP contribution in [0, 0.1) is 5.92 Å². The van der Waals surface area contributed by atoms with Gasteiger partial charge in [0.2, 0.25) is 0 Å². The van der Waals surface area contributed by atoms with Gasteiger partial charge in [-0.3, -0.25) is 0 Å². The minimum atomic E-state index is -0.403. The first-order valence-corrected chi connectivity index (χ1v) is 5.08. The summed E-state index contributed by atoms with van der Waals surface area (Å²) in [4.78, 5) is 24.9. The SMILES string of the molecule is C[N+]1=C2C=CC=CC2C(=O)N(CCO)C1=O. The number of nitrogens with zero attached hydrogens (tertiary/aromatic N) is 2. The number of β-amino-alcohol motifs (C(OH)–C–C–N with tert-alkyl or cyclic N) is 1. The molecule has 2 aliphatic rings. The summed E-state index contributed by atoms with van der Waals surface area (Å²) in [7, 11) is 1.63. The zero-order valence-electron chi connectivity index (χ0n) is 8.96. The van der Waals surface area contributed by atoms with Crippen molar-refractivity contribution in [2.45, 2.75) is 0 Å².